The van der Waals surface area contributed by atoms with Crippen LogP contribution in [0.1, 0.15) is 26.3 Å². The molecule has 0 unspecified atom stereocenters. The van der Waals surface area contributed by atoms with Crippen LogP contribution in [0, 0.1) is 0 Å². The van der Waals surface area contributed by atoms with E-state index in [2.05, 4.69) is 37.0 Å². The maximum absolute atomic E-state index is 12.2. The topological polar surface area (TPSA) is 70.0 Å². The van der Waals surface area contributed by atoms with Crippen LogP contribution >= 0.6 is 31.9 Å². The number of hydrogen-bond acceptors (Lipinski definition) is 4. The number of hydrogen-bond donors (Lipinski definition) is 1. The first-order valence-corrected chi connectivity index (χ1v) is 7.77. The van der Waals surface area contributed by atoms with Crippen LogP contribution in [0.3, 0.4) is 0 Å². The van der Waals surface area contributed by atoms with Gasteiger partial charge < -0.3 is 5.11 Å². The van der Waals surface area contributed by atoms with Crippen LogP contribution in [-0.4, -0.2) is 28.1 Å². The van der Waals surface area contributed by atoms with Crippen molar-refractivity contribution < 1.29 is 14.7 Å². The van der Waals surface area contributed by atoms with Gasteiger partial charge in [0, 0.05) is 10.0 Å². The molecule has 0 saturated carbocycles. The van der Waals surface area contributed by atoms with Crippen LogP contribution in [0.25, 0.3) is 0 Å². The molecule has 0 aromatic heterocycles. The lowest BCUT2D eigenvalue weighted by atomic mass is 10.1. The lowest BCUT2D eigenvalue weighted by molar-refractivity contribution is 0.0660. The van der Waals surface area contributed by atoms with E-state index < -0.39 is 11.8 Å². The van der Waals surface area contributed by atoms with Crippen LogP contribution in [-0.2, 0) is 0 Å². The summed E-state index contributed by atoms with van der Waals surface area (Å²) in [5, 5.41) is 14.7. The van der Waals surface area contributed by atoms with Crippen LogP contribution < -0.4 is 0 Å². The molecule has 0 atom stereocenters. The predicted octanol–water partition coefficient (Wildman–Crippen LogP) is 3.55. The van der Waals surface area contributed by atoms with Crippen LogP contribution in [0.4, 0.5) is 0 Å². The number of aromatic hydroxyl groups is 1. The average Bonchev–Trinajstić information content (AvgIpc) is 2.74. The summed E-state index contributed by atoms with van der Waals surface area (Å²) < 4.78 is 1.20. The molecule has 7 heteroatoms. The summed E-state index contributed by atoms with van der Waals surface area (Å²) in [5.41, 5.74) is 1.02. The summed E-state index contributed by atoms with van der Waals surface area (Å²) in [6.07, 6.45) is 1.27. The van der Waals surface area contributed by atoms with Crippen molar-refractivity contribution in [2.24, 2.45) is 5.10 Å². The molecular weight excluding hydrogens is 416 g/mol. The summed E-state index contributed by atoms with van der Waals surface area (Å²) >= 11 is 6.51. The molecule has 110 valence electrons. The highest BCUT2D eigenvalue weighted by molar-refractivity contribution is 9.11. The quantitative estimate of drug-likeness (QED) is 0.593. The van der Waals surface area contributed by atoms with E-state index in [0.29, 0.717) is 21.2 Å². The second-order valence-electron chi connectivity index (χ2n) is 4.54. The third-order valence-electron chi connectivity index (χ3n) is 3.14. The second kappa shape index (κ2) is 5.66. The summed E-state index contributed by atoms with van der Waals surface area (Å²) in [4.78, 5) is 24.3. The van der Waals surface area contributed by atoms with E-state index >= 15 is 0 Å². The molecule has 2 aromatic carbocycles. The summed E-state index contributed by atoms with van der Waals surface area (Å²) in [5.74, 6) is -0.987. The summed E-state index contributed by atoms with van der Waals surface area (Å²) in [7, 11) is 0. The van der Waals surface area contributed by atoms with Gasteiger partial charge in [0.2, 0.25) is 0 Å². The lowest BCUT2D eigenvalue weighted by Gasteiger charge is -2.07. The molecule has 0 bridgehead atoms. The van der Waals surface area contributed by atoms with Crippen LogP contribution in [0.15, 0.2) is 50.4 Å². The van der Waals surface area contributed by atoms with Gasteiger partial charge in [0.25, 0.3) is 11.8 Å². The van der Waals surface area contributed by atoms with Crippen molar-refractivity contribution in [1.29, 1.82) is 0 Å². The van der Waals surface area contributed by atoms with Gasteiger partial charge in [0.05, 0.1) is 21.8 Å². The van der Waals surface area contributed by atoms with Crippen molar-refractivity contribution in [3.8, 4) is 5.75 Å². The zero-order chi connectivity index (χ0) is 15.9. The molecule has 2 amide bonds. The molecule has 1 heterocycles. The number of benzene rings is 2. The van der Waals surface area contributed by atoms with Gasteiger partial charge in [-0.2, -0.15) is 10.1 Å². The van der Waals surface area contributed by atoms with Crippen LogP contribution in [0.2, 0.25) is 0 Å². The molecule has 22 heavy (non-hydrogen) atoms. The Morgan fingerprint density at radius 1 is 1.05 bits per heavy atom. The first-order valence-electron chi connectivity index (χ1n) is 6.19. The second-order valence-corrected chi connectivity index (χ2v) is 6.31. The normalized spacial score (nSPS) is 14.0. The smallest absolute Gasteiger partial charge is 0.282 e. The van der Waals surface area contributed by atoms with Gasteiger partial charge >= 0.3 is 0 Å². The van der Waals surface area contributed by atoms with Gasteiger partial charge in [-0.05, 0) is 40.2 Å². The predicted molar refractivity (Wildman–Crippen MR) is 88.0 cm³/mol. The number of nitrogens with zero attached hydrogens (tertiary/aromatic N) is 2. The minimum absolute atomic E-state index is 0.0245. The summed E-state index contributed by atoms with van der Waals surface area (Å²) in [6.45, 7) is 0. The van der Waals surface area contributed by atoms with Crippen LogP contribution in [0.5, 0.6) is 5.75 Å². The fraction of sp³-hybridized carbons (Fsp3) is 0. The molecule has 0 fully saturated rings. The van der Waals surface area contributed by atoms with Crippen molar-refractivity contribution >= 4 is 49.9 Å². The van der Waals surface area contributed by atoms with E-state index in [0.717, 1.165) is 9.48 Å². The zero-order valence-corrected chi connectivity index (χ0v) is 14.1. The Bertz CT molecular complexity index is 799. The standard InChI is InChI=1S/C15H8Br2N2O3/c16-9-5-8(13(20)12(17)6-9)7-18-19-14(21)10-3-1-2-4-11(10)15(19)22/h1-7,20H/b18-7-. The number of hydrazone groups is 1. The Morgan fingerprint density at radius 2 is 1.64 bits per heavy atom. The molecule has 3 rings (SSSR count). The molecule has 0 spiro atoms. The molecule has 1 aliphatic heterocycles. The SMILES string of the molecule is O=C1c2ccccc2C(=O)N1/N=C\c1cc(Br)cc(Br)c1O. The first-order chi connectivity index (χ1) is 10.5. The number of imide groups is 1. The molecule has 2 aromatic rings. The van der Waals surface area contributed by atoms with Gasteiger partial charge in [0.15, 0.2) is 0 Å². The fourth-order valence-corrected chi connectivity index (χ4v) is 3.34. The van der Waals surface area contributed by atoms with E-state index in [9.17, 15) is 14.7 Å². The molecule has 1 aliphatic rings. The minimum atomic E-state index is -0.481. The van der Waals surface area contributed by atoms with E-state index in [4.69, 9.17) is 0 Å². The fourth-order valence-electron chi connectivity index (χ4n) is 2.09. The largest absolute Gasteiger partial charge is 0.506 e. The van der Waals surface area contributed by atoms with Crippen molar-refractivity contribution in [3.05, 3.63) is 62.0 Å². The Kier molecular flexibility index (Phi) is 3.84. The van der Waals surface area contributed by atoms with E-state index in [-0.39, 0.29) is 5.75 Å². The number of halogens is 2. The molecule has 0 saturated heterocycles. The molecular formula is C15H8Br2N2O3. The highest BCUT2D eigenvalue weighted by Crippen LogP contribution is 2.31. The molecule has 1 N–H and O–H groups in total. The Morgan fingerprint density at radius 3 is 2.23 bits per heavy atom. The number of phenols is 1. The number of phenolic OH excluding ortho intramolecular Hbond substituents is 1. The van der Waals surface area contributed by atoms with E-state index in [1.165, 1.54) is 6.21 Å². The highest BCUT2D eigenvalue weighted by Gasteiger charge is 2.35. The minimum Gasteiger partial charge on any atom is -0.506 e. The van der Waals surface area contributed by atoms with Crippen molar-refractivity contribution in [2.75, 3.05) is 0 Å². The number of carbonyl (C=O) groups excluding carboxylic acids is 2. The van der Waals surface area contributed by atoms with Gasteiger partial charge in [-0.3, -0.25) is 9.59 Å². The average molecular weight is 424 g/mol. The van der Waals surface area contributed by atoms with E-state index in [1.807, 2.05) is 0 Å². The third kappa shape index (κ3) is 2.46. The van der Waals surface area contributed by atoms with Gasteiger partial charge in [-0.1, -0.05) is 28.1 Å². The van der Waals surface area contributed by atoms with Gasteiger partial charge in [0.1, 0.15) is 5.75 Å². The molecule has 0 radical (unpaired) electrons. The molecule has 0 aliphatic carbocycles. The van der Waals surface area contributed by atoms with Gasteiger partial charge in [-0.25, -0.2) is 0 Å². The number of rotatable bonds is 2. The number of amides is 2. The van der Waals surface area contributed by atoms with Crippen molar-refractivity contribution in [2.45, 2.75) is 0 Å². The van der Waals surface area contributed by atoms with E-state index in [1.54, 1.807) is 36.4 Å². The maximum Gasteiger partial charge on any atom is 0.282 e. The Hall–Kier alpha value is -1.99. The Labute approximate surface area is 142 Å². The Balaban J connectivity index is 1.95. The third-order valence-corrected chi connectivity index (χ3v) is 4.20. The lowest BCUT2D eigenvalue weighted by Crippen LogP contribution is -2.24. The zero-order valence-electron chi connectivity index (χ0n) is 11.0. The van der Waals surface area contributed by atoms with Crippen molar-refractivity contribution in [1.82, 2.24) is 5.01 Å². The molecule has 5 nitrogen and oxygen atoms in total. The first kappa shape index (κ1) is 14.9. The van der Waals surface area contributed by atoms with Crippen molar-refractivity contribution in [3.63, 3.8) is 0 Å². The van der Waals surface area contributed by atoms with Gasteiger partial charge in [-0.15, -0.1) is 0 Å². The monoisotopic (exact) mass is 422 g/mol. The maximum atomic E-state index is 12.2. The number of fused-ring (bicyclic) bond motifs is 1. The highest BCUT2D eigenvalue weighted by atomic mass is 79.9. The summed E-state index contributed by atoms with van der Waals surface area (Å²) in [6, 6.07) is 9.84. The number of carbonyl (C=O) groups is 2.